The maximum Gasteiger partial charge on any atom is 0.223 e. The van der Waals surface area contributed by atoms with Gasteiger partial charge in [0, 0.05) is 32.7 Å². The van der Waals surface area contributed by atoms with Gasteiger partial charge in [0.25, 0.3) is 0 Å². The number of hydrogen-bond donors (Lipinski definition) is 2. The molecule has 2 rings (SSSR count). The third-order valence-electron chi connectivity index (χ3n) is 5.14. The summed E-state index contributed by atoms with van der Waals surface area (Å²) in [6.07, 6.45) is 7.23. The van der Waals surface area contributed by atoms with Gasteiger partial charge < -0.3 is 25.0 Å². The lowest BCUT2D eigenvalue weighted by atomic mass is 10.1. The molecule has 0 aromatic heterocycles. The zero-order valence-electron chi connectivity index (χ0n) is 19.8. The summed E-state index contributed by atoms with van der Waals surface area (Å²) in [5.74, 6) is 1.58. The molecule has 1 amide bonds. The molecule has 0 aliphatic heterocycles. The number of nitrogens with zero attached hydrogens (tertiary/aromatic N) is 1. The maximum atomic E-state index is 12.0. The van der Waals surface area contributed by atoms with Gasteiger partial charge in [0.1, 0.15) is 0 Å². The Morgan fingerprint density at radius 2 is 1.66 bits per heavy atom. The molecule has 0 radical (unpaired) electrons. The number of carbonyl (C=O) groups is 1. The predicted octanol–water partition coefficient (Wildman–Crippen LogP) is 3.90. The van der Waals surface area contributed by atoms with Gasteiger partial charge in [-0.05, 0) is 67.7 Å². The Morgan fingerprint density at radius 3 is 2.34 bits per heavy atom. The molecule has 0 aliphatic rings. The van der Waals surface area contributed by atoms with Crippen LogP contribution in [0.1, 0.15) is 30.4 Å². The van der Waals surface area contributed by atoms with Gasteiger partial charge >= 0.3 is 0 Å². The van der Waals surface area contributed by atoms with Crippen LogP contribution in [-0.2, 0) is 11.2 Å². The first-order chi connectivity index (χ1) is 15.5. The van der Waals surface area contributed by atoms with E-state index in [9.17, 15) is 4.79 Å². The lowest BCUT2D eigenvalue weighted by Crippen LogP contribution is -2.27. The minimum Gasteiger partial charge on any atom is -0.493 e. The summed E-state index contributed by atoms with van der Waals surface area (Å²) >= 11 is 0. The van der Waals surface area contributed by atoms with Crippen LogP contribution in [-0.4, -0.2) is 53.9 Å². The topological polar surface area (TPSA) is 62.8 Å². The number of ether oxygens (including phenoxy) is 2. The van der Waals surface area contributed by atoms with Gasteiger partial charge in [-0.2, -0.15) is 0 Å². The molecular formula is C26H37N3O3. The van der Waals surface area contributed by atoms with Gasteiger partial charge in [-0.1, -0.05) is 30.4 Å². The normalized spacial score (nSPS) is 10.9. The van der Waals surface area contributed by atoms with Gasteiger partial charge in [-0.3, -0.25) is 4.79 Å². The van der Waals surface area contributed by atoms with Gasteiger partial charge in [-0.15, -0.1) is 0 Å². The number of rotatable bonds is 14. The number of aryl methyl sites for hydroxylation is 1. The maximum absolute atomic E-state index is 12.0. The first kappa shape index (κ1) is 25.3. The number of anilines is 1. The van der Waals surface area contributed by atoms with E-state index in [1.165, 1.54) is 5.56 Å². The summed E-state index contributed by atoms with van der Waals surface area (Å²) < 4.78 is 10.6. The van der Waals surface area contributed by atoms with Crippen molar-refractivity contribution in [3.8, 4) is 11.5 Å². The van der Waals surface area contributed by atoms with Crippen molar-refractivity contribution >= 4 is 17.7 Å². The van der Waals surface area contributed by atoms with Crippen LogP contribution >= 0.6 is 0 Å². The van der Waals surface area contributed by atoms with E-state index in [-0.39, 0.29) is 5.91 Å². The third kappa shape index (κ3) is 9.02. The highest BCUT2D eigenvalue weighted by Gasteiger charge is 2.04. The van der Waals surface area contributed by atoms with E-state index < -0.39 is 0 Å². The molecular weight excluding hydrogens is 402 g/mol. The van der Waals surface area contributed by atoms with Crippen LogP contribution in [0.15, 0.2) is 48.5 Å². The molecule has 6 nitrogen and oxygen atoms in total. The Morgan fingerprint density at radius 1 is 0.938 bits per heavy atom. The molecule has 0 saturated heterocycles. The second kappa shape index (κ2) is 14.1. The molecule has 2 aromatic rings. The largest absolute Gasteiger partial charge is 0.493 e. The minimum absolute atomic E-state index is 0.0552. The number of methoxy groups -OCH3 is 2. The van der Waals surface area contributed by atoms with Crippen molar-refractivity contribution in [3.05, 3.63) is 59.7 Å². The summed E-state index contributed by atoms with van der Waals surface area (Å²) in [6.45, 7) is 2.52. The lowest BCUT2D eigenvalue weighted by Gasteiger charge is -2.11. The number of hydrogen-bond acceptors (Lipinski definition) is 5. The molecule has 0 heterocycles. The molecule has 2 aromatic carbocycles. The standard InChI is InChI=1S/C26H37N3O3/c1-29(2)23-14-11-21(12-15-23)8-5-10-26(30)28-19-7-18-27-17-6-9-22-13-16-24(31-3)25(20-22)32-4/h5,8,11-16,20,27H,6-7,9-10,17-19H2,1-4H3,(H,28,30)/b8-5+. The Labute approximate surface area is 192 Å². The molecule has 174 valence electrons. The zero-order chi connectivity index (χ0) is 23.2. The Hall–Kier alpha value is -2.99. The lowest BCUT2D eigenvalue weighted by molar-refractivity contribution is -0.120. The molecule has 0 aliphatic carbocycles. The molecule has 0 spiro atoms. The second-order valence-electron chi connectivity index (χ2n) is 7.84. The summed E-state index contributed by atoms with van der Waals surface area (Å²) in [5.41, 5.74) is 3.49. The van der Waals surface area contributed by atoms with Crippen molar-refractivity contribution < 1.29 is 14.3 Å². The predicted molar refractivity (Wildman–Crippen MR) is 133 cm³/mol. The van der Waals surface area contributed by atoms with Crippen LogP contribution in [0, 0.1) is 0 Å². The van der Waals surface area contributed by atoms with Crippen LogP contribution in [0.4, 0.5) is 5.69 Å². The fourth-order valence-corrected chi connectivity index (χ4v) is 3.28. The van der Waals surface area contributed by atoms with E-state index in [2.05, 4.69) is 45.9 Å². The monoisotopic (exact) mass is 439 g/mol. The molecule has 2 N–H and O–H groups in total. The highest BCUT2D eigenvalue weighted by Crippen LogP contribution is 2.27. The fraction of sp³-hybridized carbons (Fsp3) is 0.423. The van der Waals surface area contributed by atoms with Crippen molar-refractivity contribution in [1.29, 1.82) is 0 Å². The van der Waals surface area contributed by atoms with E-state index >= 15 is 0 Å². The minimum atomic E-state index is 0.0552. The molecule has 0 unspecified atom stereocenters. The van der Waals surface area contributed by atoms with E-state index in [4.69, 9.17) is 9.47 Å². The van der Waals surface area contributed by atoms with Crippen molar-refractivity contribution in [2.75, 3.05) is 52.8 Å². The fourth-order valence-electron chi connectivity index (χ4n) is 3.28. The Balaban J connectivity index is 1.52. The summed E-state index contributed by atoms with van der Waals surface area (Å²) in [6, 6.07) is 14.3. The summed E-state index contributed by atoms with van der Waals surface area (Å²) in [7, 11) is 7.34. The molecule has 32 heavy (non-hydrogen) atoms. The second-order valence-corrected chi connectivity index (χ2v) is 7.84. The van der Waals surface area contributed by atoms with E-state index in [1.807, 2.05) is 38.4 Å². The van der Waals surface area contributed by atoms with Crippen molar-refractivity contribution in [2.24, 2.45) is 0 Å². The first-order valence-electron chi connectivity index (χ1n) is 11.2. The average molecular weight is 440 g/mol. The van der Waals surface area contributed by atoms with Crippen LogP contribution in [0.2, 0.25) is 0 Å². The number of amides is 1. The molecule has 0 bridgehead atoms. The number of carbonyl (C=O) groups excluding carboxylic acids is 1. The van der Waals surface area contributed by atoms with Gasteiger partial charge in [0.05, 0.1) is 14.2 Å². The Bertz CT molecular complexity index is 848. The summed E-state index contributed by atoms with van der Waals surface area (Å²) in [4.78, 5) is 14.0. The SMILES string of the molecule is COc1ccc(CCCNCCCNC(=O)C/C=C/c2ccc(N(C)C)cc2)cc1OC. The van der Waals surface area contributed by atoms with Crippen molar-refractivity contribution in [3.63, 3.8) is 0 Å². The quantitative estimate of drug-likeness (QED) is 0.437. The highest BCUT2D eigenvalue weighted by molar-refractivity contribution is 5.78. The van der Waals surface area contributed by atoms with Crippen molar-refractivity contribution in [2.45, 2.75) is 25.7 Å². The zero-order valence-corrected chi connectivity index (χ0v) is 19.8. The third-order valence-corrected chi connectivity index (χ3v) is 5.14. The number of nitrogens with one attached hydrogen (secondary N) is 2. The molecule has 0 fully saturated rings. The van der Waals surface area contributed by atoms with Crippen LogP contribution < -0.4 is 25.0 Å². The number of benzene rings is 2. The molecule has 6 heteroatoms. The average Bonchev–Trinajstić information content (AvgIpc) is 2.80. The van der Waals surface area contributed by atoms with E-state index in [1.54, 1.807) is 14.2 Å². The van der Waals surface area contributed by atoms with Gasteiger partial charge in [0.15, 0.2) is 11.5 Å². The highest BCUT2D eigenvalue weighted by atomic mass is 16.5. The van der Waals surface area contributed by atoms with Crippen LogP contribution in [0.25, 0.3) is 6.08 Å². The van der Waals surface area contributed by atoms with Crippen molar-refractivity contribution in [1.82, 2.24) is 10.6 Å². The molecule has 0 saturated carbocycles. The van der Waals surface area contributed by atoms with E-state index in [0.717, 1.165) is 55.1 Å². The summed E-state index contributed by atoms with van der Waals surface area (Å²) in [5, 5.41) is 6.40. The molecule has 0 atom stereocenters. The smallest absolute Gasteiger partial charge is 0.223 e. The van der Waals surface area contributed by atoms with Crippen LogP contribution in [0.3, 0.4) is 0 Å². The van der Waals surface area contributed by atoms with Gasteiger partial charge in [-0.25, -0.2) is 0 Å². The van der Waals surface area contributed by atoms with Crippen LogP contribution in [0.5, 0.6) is 11.5 Å². The van der Waals surface area contributed by atoms with E-state index in [0.29, 0.717) is 13.0 Å². The van der Waals surface area contributed by atoms with Gasteiger partial charge in [0.2, 0.25) is 5.91 Å². The first-order valence-corrected chi connectivity index (χ1v) is 11.2. The Kier molecular flexibility index (Phi) is 11.2.